The molecule has 0 amide bonds. The molecule has 1 aliphatic carbocycles. The zero-order valence-electron chi connectivity index (χ0n) is 13.8. The van der Waals surface area contributed by atoms with Crippen LogP contribution in [0.1, 0.15) is 18.4 Å². The Labute approximate surface area is 149 Å². The predicted molar refractivity (Wildman–Crippen MR) is 99.5 cm³/mol. The normalized spacial score (nSPS) is 24.4. The highest BCUT2D eigenvalue weighted by atomic mass is 15.7. The number of aromatic amines is 1. The Balaban J connectivity index is 1.44. The second-order valence-electron chi connectivity index (χ2n) is 6.51. The first-order chi connectivity index (χ1) is 12.7. The molecule has 2 N–H and O–H groups in total. The van der Waals surface area contributed by atoms with Gasteiger partial charge in [-0.15, -0.1) is 0 Å². The maximum atomic E-state index is 9.32. The van der Waals surface area contributed by atoms with Crippen LogP contribution in [0.15, 0.2) is 64.1 Å². The molecule has 1 fully saturated rings. The Morgan fingerprint density at radius 1 is 1.23 bits per heavy atom. The summed E-state index contributed by atoms with van der Waals surface area (Å²) >= 11 is 0. The quantitative estimate of drug-likeness (QED) is 0.838. The lowest BCUT2D eigenvalue weighted by Gasteiger charge is -2.21. The van der Waals surface area contributed by atoms with E-state index in [2.05, 4.69) is 31.6 Å². The number of aromatic nitrogens is 2. The van der Waals surface area contributed by atoms with Gasteiger partial charge < -0.3 is 5.32 Å². The molecule has 0 saturated heterocycles. The minimum absolute atomic E-state index is 0.0952. The van der Waals surface area contributed by atoms with Gasteiger partial charge in [0.25, 0.3) is 11.8 Å². The van der Waals surface area contributed by atoms with Crippen LogP contribution in [-0.2, 0) is 5.41 Å². The molecule has 1 aromatic carbocycles. The minimum atomic E-state index is -0.276. The molecule has 1 atom stereocenters. The lowest BCUT2D eigenvalue weighted by atomic mass is 9.98. The highest BCUT2D eigenvalue weighted by Gasteiger charge is 2.45. The van der Waals surface area contributed by atoms with Crippen LogP contribution in [0.5, 0.6) is 0 Å². The van der Waals surface area contributed by atoms with Crippen LogP contribution in [0, 0.1) is 11.3 Å². The molecule has 8 nitrogen and oxygen atoms in total. The van der Waals surface area contributed by atoms with Crippen LogP contribution >= 0.6 is 0 Å². The first-order valence-electron chi connectivity index (χ1n) is 8.31. The topological polar surface area (TPSA) is 102 Å². The van der Waals surface area contributed by atoms with Gasteiger partial charge in [0, 0.05) is 5.69 Å². The van der Waals surface area contributed by atoms with Gasteiger partial charge in [-0.05, 0) is 35.6 Å². The van der Waals surface area contributed by atoms with Crippen molar-refractivity contribution in [3.63, 3.8) is 0 Å². The van der Waals surface area contributed by atoms with Gasteiger partial charge in [0.05, 0.1) is 23.9 Å². The van der Waals surface area contributed by atoms with Crippen LogP contribution in [0.4, 0.5) is 11.4 Å². The van der Waals surface area contributed by atoms with E-state index in [9.17, 15) is 5.26 Å². The summed E-state index contributed by atoms with van der Waals surface area (Å²) in [6.45, 7) is 0. The molecule has 2 aliphatic heterocycles. The van der Waals surface area contributed by atoms with Crippen molar-refractivity contribution in [2.24, 2.45) is 15.1 Å². The molecule has 0 bridgehead atoms. The number of aliphatic imine (C=N–C) groups is 2. The standard InChI is InChI=1S/C18H15N8/c19-12-18(5-6-18)13-1-3-14(4-2-13)23-17-24-16-11-20-7-8-26(16,25-17)15-9-21-22-10-15/h1-4,7-11H,5-6H2,(H,21,22)(H,23,25)/q+1. The van der Waals surface area contributed by atoms with Gasteiger partial charge in [-0.1, -0.05) is 16.7 Å². The molecule has 1 unspecified atom stereocenters. The third-order valence-corrected chi connectivity index (χ3v) is 4.92. The van der Waals surface area contributed by atoms with Crippen LogP contribution in [0.2, 0.25) is 0 Å². The summed E-state index contributed by atoms with van der Waals surface area (Å²) in [4.78, 5) is 8.72. The Morgan fingerprint density at radius 3 is 2.77 bits per heavy atom. The Kier molecular flexibility index (Phi) is 2.96. The van der Waals surface area contributed by atoms with E-state index in [1.807, 2.05) is 30.5 Å². The molecule has 0 radical (unpaired) electrons. The molecule has 0 spiro atoms. The zero-order chi connectivity index (χ0) is 17.6. The summed E-state index contributed by atoms with van der Waals surface area (Å²) in [7, 11) is 0. The van der Waals surface area contributed by atoms with E-state index >= 15 is 0 Å². The number of nitriles is 1. The highest BCUT2D eigenvalue weighted by Crippen LogP contribution is 2.47. The molecule has 3 heterocycles. The van der Waals surface area contributed by atoms with Gasteiger partial charge in [0.2, 0.25) is 5.69 Å². The number of nitrogens with one attached hydrogen (secondary N) is 2. The van der Waals surface area contributed by atoms with Gasteiger partial charge in [-0.25, -0.2) is 0 Å². The van der Waals surface area contributed by atoms with E-state index in [1.54, 1.807) is 24.8 Å². The van der Waals surface area contributed by atoms with Crippen molar-refractivity contribution < 1.29 is 0 Å². The molecule has 3 aliphatic rings. The maximum absolute atomic E-state index is 9.32. The van der Waals surface area contributed by atoms with Gasteiger partial charge in [0.15, 0.2) is 6.20 Å². The molecular weight excluding hydrogens is 328 g/mol. The molecular formula is C18H15N8+. The fraction of sp³-hybridized carbons (Fsp3) is 0.167. The number of rotatable bonds is 3. The van der Waals surface area contributed by atoms with Gasteiger partial charge in [0.1, 0.15) is 12.4 Å². The average molecular weight is 343 g/mol. The van der Waals surface area contributed by atoms with E-state index in [1.165, 1.54) is 0 Å². The number of nitrogens with zero attached hydrogens (tertiary/aromatic N) is 6. The highest BCUT2D eigenvalue weighted by molar-refractivity contribution is 6.38. The third kappa shape index (κ3) is 2.11. The number of H-pyrrole nitrogens is 1. The average Bonchev–Trinajstić information content (AvgIpc) is 3.11. The van der Waals surface area contributed by atoms with Crippen molar-refractivity contribution in [3.05, 3.63) is 54.6 Å². The predicted octanol–water partition coefficient (Wildman–Crippen LogP) is 2.62. The Morgan fingerprint density at radius 2 is 2.08 bits per heavy atom. The second kappa shape index (κ2) is 5.21. The lowest BCUT2D eigenvalue weighted by Crippen LogP contribution is -2.44. The van der Waals surface area contributed by atoms with Crippen molar-refractivity contribution in [3.8, 4) is 6.07 Å². The van der Waals surface area contributed by atoms with E-state index in [0.29, 0.717) is 11.8 Å². The number of hydrogen-bond donors (Lipinski definition) is 2. The van der Waals surface area contributed by atoms with Gasteiger partial charge in [-0.2, -0.15) is 15.4 Å². The maximum Gasteiger partial charge on any atom is 0.287 e. The number of anilines is 1. The van der Waals surface area contributed by atoms with Crippen LogP contribution in [0.25, 0.3) is 0 Å². The largest absolute Gasteiger partial charge is 0.320 e. The van der Waals surface area contributed by atoms with Crippen LogP contribution < -0.4 is 9.91 Å². The summed E-state index contributed by atoms with van der Waals surface area (Å²) in [6, 6.07) is 10.3. The number of hydrogen-bond acceptors (Lipinski definition) is 6. The zero-order valence-corrected chi connectivity index (χ0v) is 13.8. The first kappa shape index (κ1) is 14.7. The van der Waals surface area contributed by atoms with Crippen LogP contribution in [-0.4, -0.2) is 28.2 Å². The fourth-order valence-electron chi connectivity index (χ4n) is 3.23. The summed E-state index contributed by atoms with van der Waals surface area (Å²) in [6.07, 6.45) is 10.6. The number of amidine groups is 1. The second-order valence-corrected chi connectivity index (χ2v) is 6.51. The lowest BCUT2D eigenvalue weighted by molar-refractivity contribution is 0.593. The summed E-state index contributed by atoms with van der Waals surface area (Å²) in [5, 5.41) is 24.1. The Bertz CT molecular complexity index is 1020. The van der Waals surface area contributed by atoms with Crippen molar-refractivity contribution in [2.45, 2.75) is 18.3 Å². The van der Waals surface area contributed by atoms with Crippen LogP contribution in [0.3, 0.4) is 0 Å². The number of quaternary nitrogens is 1. The smallest absolute Gasteiger partial charge is 0.287 e. The van der Waals surface area contributed by atoms with Crippen molar-refractivity contribution in [2.75, 3.05) is 5.32 Å². The minimum Gasteiger partial charge on any atom is -0.320 e. The summed E-state index contributed by atoms with van der Waals surface area (Å²) < 4.78 is 0.0952. The SMILES string of the molecule is N#CC1(c2ccc(NC3=N[N+]4(c5cn[nH]c5)C=CN=CC4=N3)cc2)CC1. The van der Waals surface area contributed by atoms with Crippen molar-refractivity contribution in [1.82, 2.24) is 14.8 Å². The number of fused-ring (bicyclic) bond motifs is 1. The Hall–Kier alpha value is -3.57. The molecule has 1 saturated carbocycles. The molecule has 26 heavy (non-hydrogen) atoms. The molecule has 5 rings (SSSR count). The van der Waals surface area contributed by atoms with E-state index in [4.69, 9.17) is 5.10 Å². The molecule has 1 aromatic heterocycles. The fourth-order valence-corrected chi connectivity index (χ4v) is 3.23. The van der Waals surface area contributed by atoms with E-state index in [0.717, 1.165) is 29.8 Å². The molecule has 126 valence electrons. The molecule has 8 heteroatoms. The summed E-state index contributed by atoms with van der Waals surface area (Å²) in [5.41, 5.74) is 2.52. The molecule has 2 aromatic rings. The van der Waals surface area contributed by atoms with Crippen molar-refractivity contribution in [1.29, 1.82) is 5.26 Å². The van der Waals surface area contributed by atoms with Crippen molar-refractivity contribution >= 4 is 29.4 Å². The van der Waals surface area contributed by atoms with E-state index < -0.39 is 0 Å². The van der Waals surface area contributed by atoms with Gasteiger partial charge >= 0.3 is 0 Å². The summed E-state index contributed by atoms with van der Waals surface area (Å²) in [5.74, 6) is 1.18. The van der Waals surface area contributed by atoms with E-state index in [-0.39, 0.29) is 10.0 Å². The number of benzene rings is 1. The van der Waals surface area contributed by atoms with Gasteiger partial charge in [-0.3, -0.25) is 10.1 Å². The first-order valence-corrected chi connectivity index (χ1v) is 8.31. The number of guanidine groups is 1. The third-order valence-electron chi connectivity index (χ3n) is 4.92. The monoisotopic (exact) mass is 343 g/mol.